The predicted octanol–water partition coefficient (Wildman–Crippen LogP) is 6.08. The lowest BCUT2D eigenvalue weighted by Gasteiger charge is -2.25. The number of para-hydroxylation sites is 2. The van der Waals surface area contributed by atoms with Crippen molar-refractivity contribution in [3.05, 3.63) is 102 Å². The zero-order valence-electron chi connectivity index (χ0n) is 17.1. The number of benzene rings is 3. The van der Waals surface area contributed by atoms with Gasteiger partial charge in [0.15, 0.2) is 0 Å². The molecule has 1 aliphatic carbocycles. The summed E-state index contributed by atoms with van der Waals surface area (Å²) in [5, 5.41) is 0. The number of carbonyl (C=O) groups is 1. The Kier molecular flexibility index (Phi) is 5.78. The molecule has 0 aliphatic heterocycles. The molecule has 2 radical (unpaired) electrons. The highest BCUT2D eigenvalue weighted by Crippen LogP contribution is 2.38. The van der Waals surface area contributed by atoms with E-state index in [1.165, 1.54) is 12.1 Å². The Morgan fingerprint density at radius 3 is 2.16 bits per heavy atom. The minimum absolute atomic E-state index is 0.00327. The van der Waals surface area contributed by atoms with Gasteiger partial charge in [0.25, 0.3) is 5.91 Å². The molecule has 2 N–H and O–H groups in total. The van der Waals surface area contributed by atoms with Gasteiger partial charge < -0.3 is 10.6 Å². The molecule has 3 aromatic carbocycles. The maximum absolute atomic E-state index is 13.8. The van der Waals surface area contributed by atoms with E-state index in [2.05, 4.69) is 0 Å². The molecule has 3 aromatic rings. The van der Waals surface area contributed by atoms with Crippen LogP contribution >= 0.6 is 0 Å². The lowest BCUT2D eigenvalue weighted by atomic mass is 9.99. The van der Waals surface area contributed by atoms with Crippen molar-refractivity contribution in [1.82, 2.24) is 0 Å². The summed E-state index contributed by atoms with van der Waals surface area (Å²) in [5.74, 6) is -0.318. The minimum atomic E-state index is -4.46. The van der Waals surface area contributed by atoms with E-state index in [0.29, 0.717) is 28.1 Å². The summed E-state index contributed by atoms with van der Waals surface area (Å²) in [6, 6.07) is 18.6. The third-order valence-corrected chi connectivity index (χ3v) is 5.33. The first kappa shape index (κ1) is 21.7. The molecule has 0 bridgehead atoms. The van der Waals surface area contributed by atoms with Gasteiger partial charge in [-0.3, -0.25) is 4.79 Å². The predicted molar refractivity (Wildman–Crippen MR) is 121 cm³/mol. The van der Waals surface area contributed by atoms with Crippen LogP contribution in [0.4, 0.5) is 24.5 Å². The second kappa shape index (κ2) is 8.54. The summed E-state index contributed by atoms with van der Waals surface area (Å²) in [6.07, 6.45) is -1.12. The topological polar surface area (TPSA) is 46.3 Å². The van der Waals surface area contributed by atoms with E-state index in [0.717, 1.165) is 25.0 Å². The van der Waals surface area contributed by atoms with E-state index in [1.54, 1.807) is 59.5 Å². The number of nitrogen functional groups attached to an aromatic ring is 1. The quantitative estimate of drug-likeness (QED) is 0.300. The van der Waals surface area contributed by atoms with Crippen LogP contribution in [0.3, 0.4) is 0 Å². The fourth-order valence-electron chi connectivity index (χ4n) is 3.51. The largest absolute Gasteiger partial charge is 0.416 e. The van der Waals surface area contributed by atoms with Crippen LogP contribution < -0.4 is 10.6 Å². The Bertz CT molecular complexity index is 1140. The first-order chi connectivity index (χ1) is 15.2. The zero-order valence-corrected chi connectivity index (χ0v) is 17.1. The van der Waals surface area contributed by atoms with Gasteiger partial charge in [-0.2, -0.15) is 13.2 Å². The van der Waals surface area contributed by atoms with Gasteiger partial charge in [-0.15, -0.1) is 0 Å². The van der Waals surface area contributed by atoms with Crippen molar-refractivity contribution in [3.8, 4) is 0 Å². The number of nitrogens with zero attached hydrogens (tertiary/aromatic N) is 1. The second-order valence-electron chi connectivity index (χ2n) is 7.76. The lowest BCUT2D eigenvalue weighted by molar-refractivity contribution is -0.137. The highest BCUT2D eigenvalue weighted by Gasteiger charge is 2.36. The molecule has 0 unspecified atom stereocenters. The molecule has 0 heterocycles. The number of rotatable bonds is 5. The SMILES string of the molecule is [CH]c1ccc(C=C(C(=O)N(c2ccccc2N)C2CC2)c2ccc(C(F)(F)F)cc2)cc1. The molecule has 32 heavy (non-hydrogen) atoms. The van der Waals surface area contributed by atoms with Crippen LogP contribution in [0, 0.1) is 6.92 Å². The van der Waals surface area contributed by atoms with Crippen LogP contribution in [0.15, 0.2) is 72.8 Å². The van der Waals surface area contributed by atoms with Gasteiger partial charge in [0.05, 0.1) is 16.9 Å². The molecule has 1 amide bonds. The van der Waals surface area contributed by atoms with Gasteiger partial charge in [0.2, 0.25) is 0 Å². The Morgan fingerprint density at radius 1 is 0.969 bits per heavy atom. The number of carbonyl (C=O) groups excluding carboxylic acids is 1. The fourth-order valence-corrected chi connectivity index (χ4v) is 3.51. The molecule has 0 aromatic heterocycles. The van der Waals surface area contributed by atoms with E-state index in [9.17, 15) is 18.0 Å². The summed E-state index contributed by atoms with van der Waals surface area (Å²) in [4.78, 5) is 15.4. The van der Waals surface area contributed by atoms with E-state index < -0.39 is 11.7 Å². The third-order valence-electron chi connectivity index (χ3n) is 5.33. The van der Waals surface area contributed by atoms with Crippen molar-refractivity contribution in [1.29, 1.82) is 0 Å². The van der Waals surface area contributed by atoms with Crippen LogP contribution in [0.5, 0.6) is 0 Å². The summed E-state index contributed by atoms with van der Waals surface area (Å²) < 4.78 is 39.2. The summed E-state index contributed by atoms with van der Waals surface area (Å²) in [7, 11) is 0. The van der Waals surface area contributed by atoms with Crippen molar-refractivity contribution in [2.24, 2.45) is 0 Å². The maximum atomic E-state index is 13.8. The summed E-state index contributed by atoms with van der Waals surface area (Å²) in [6.45, 7) is 5.76. The van der Waals surface area contributed by atoms with Crippen LogP contribution in [-0.2, 0) is 11.0 Å². The number of hydrogen-bond acceptors (Lipinski definition) is 2. The Morgan fingerprint density at radius 2 is 1.59 bits per heavy atom. The van der Waals surface area contributed by atoms with E-state index in [4.69, 9.17) is 12.7 Å². The van der Waals surface area contributed by atoms with E-state index >= 15 is 0 Å². The Balaban J connectivity index is 1.80. The first-order valence-electron chi connectivity index (χ1n) is 10.2. The molecule has 6 heteroatoms. The number of amides is 1. The van der Waals surface area contributed by atoms with Crippen molar-refractivity contribution in [2.45, 2.75) is 25.1 Å². The number of halogens is 3. The number of nitrogens with two attached hydrogens (primary N) is 1. The molecule has 0 saturated heterocycles. The molecule has 0 atom stereocenters. The smallest absolute Gasteiger partial charge is 0.397 e. The molecular formula is C26H21F3N2O. The number of hydrogen-bond donors (Lipinski definition) is 1. The maximum Gasteiger partial charge on any atom is 0.416 e. The van der Waals surface area contributed by atoms with E-state index in [-0.39, 0.29) is 17.5 Å². The van der Waals surface area contributed by atoms with Crippen molar-refractivity contribution < 1.29 is 18.0 Å². The molecule has 1 saturated carbocycles. The number of alkyl halides is 3. The summed E-state index contributed by atoms with van der Waals surface area (Å²) in [5.41, 5.74) is 8.38. The minimum Gasteiger partial charge on any atom is -0.397 e. The third kappa shape index (κ3) is 4.69. The Labute approximate surface area is 185 Å². The van der Waals surface area contributed by atoms with Crippen LogP contribution in [0.25, 0.3) is 11.6 Å². The van der Waals surface area contributed by atoms with Gasteiger partial charge in [-0.1, -0.05) is 48.5 Å². The van der Waals surface area contributed by atoms with Crippen LogP contribution in [0.1, 0.15) is 35.1 Å². The number of anilines is 2. The lowest BCUT2D eigenvalue weighted by Crippen LogP contribution is -2.34. The normalized spacial score (nSPS) is 14.3. The summed E-state index contributed by atoms with van der Waals surface area (Å²) >= 11 is 0. The fraction of sp³-hybridized carbons (Fsp3) is 0.154. The van der Waals surface area contributed by atoms with Gasteiger partial charge in [0, 0.05) is 11.6 Å². The molecule has 162 valence electrons. The molecule has 3 nitrogen and oxygen atoms in total. The molecule has 1 aliphatic rings. The second-order valence-corrected chi connectivity index (χ2v) is 7.76. The van der Waals surface area contributed by atoms with Crippen LogP contribution in [-0.4, -0.2) is 11.9 Å². The van der Waals surface area contributed by atoms with Crippen LogP contribution in [0.2, 0.25) is 0 Å². The Hall–Kier alpha value is -3.54. The van der Waals surface area contributed by atoms with Gasteiger partial charge in [-0.05, 0) is 66.8 Å². The average molecular weight is 434 g/mol. The van der Waals surface area contributed by atoms with Crippen molar-refractivity contribution in [3.63, 3.8) is 0 Å². The first-order valence-corrected chi connectivity index (χ1v) is 10.2. The molecule has 1 fully saturated rings. The molecule has 4 rings (SSSR count). The van der Waals surface area contributed by atoms with Gasteiger partial charge >= 0.3 is 6.18 Å². The monoisotopic (exact) mass is 434 g/mol. The highest BCUT2D eigenvalue weighted by atomic mass is 19.4. The van der Waals surface area contributed by atoms with Crippen molar-refractivity contribution in [2.75, 3.05) is 10.6 Å². The molecular weight excluding hydrogens is 413 g/mol. The van der Waals surface area contributed by atoms with Crippen molar-refractivity contribution >= 4 is 28.9 Å². The highest BCUT2D eigenvalue weighted by molar-refractivity contribution is 6.30. The zero-order chi connectivity index (χ0) is 22.9. The van der Waals surface area contributed by atoms with Gasteiger partial charge in [0.1, 0.15) is 0 Å². The van der Waals surface area contributed by atoms with Gasteiger partial charge in [-0.25, -0.2) is 0 Å². The molecule has 0 spiro atoms. The standard InChI is InChI=1S/C26H21F3N2O/c1-17-6-8-18(9-7-17)16-22(19-10-12-20(13-11-19)26(27,28)29)25(32)31(21-14-15-21)24-5-3-2-4-23(24)30/h1-13,16,21H,14-15,30H2. The average Bonchev–Trinajstić information content (AvgIpc) is 3.59. The van der Waals surface area contributed by atoms with E-state index in [1.807, 2.05) is 0 Å².